The fraction of sp³-hybridized carbons (Fsp3) is 0.778. The molecular formula is C27H44O6. The molecule has 0 spiro atoms. The standard InChI is InChI=1S/C27H44O6/c1-8-18(3)25(31)32-12-11-17(2)9-10-22-19(4)23(30)13-24-26(6,16-33-20(5)28)14-21(29)15-27(22,24)7/h11,18,21-24,29-30H,4,8-10,12-16H2,1-3,5-7H3/b17-11+/t18-,21-,22+,23-,24+,26-,27-/m1/s1. The van der Waals surface area contributed by atoms with Crippen LogP contribution in [0.4, 0.5) is 0 Å². The quantitative estimate of drug-likeness (QED) is 0.383. The first kappa shape index (κ1) is 27.6. The van der Waals surface area contributed by atoms with Gasteiger partial charge >= 0.3 is 11.9 Å². The van der Waals surface area contributed by atoms with Gasteiger partial charge in [-0.3, -0.25) is 9.59 Å². The van der Waals surface area contributed by atoms with E-state index in [1.165, 1.54) is 6.92 Å². The predicted octanol–water partition coefficient (Wildman–Crippen LogP) is 4.59. The van der Waals surface area contributed by atoms with Gasteiger partial charge in [-0.15, -0.1) is 0 Å². The van der Waals surface area contributed by atoms with Crippen molar-refractivity contribution in [3.63, 3.8) is 0 Å². The molecule has 6 heteroatoms. The van der Waals surface area contributed by atoms with Crippen molar-refractivity contribution in [2.24, 2.45) is 28.6 Å². The van der Waals surface area contributed by atoms with Crippen LogP contribution in [0.2, 0.25) is 0 Å². The van der Waals surface area contributed by atoms with Gasteiger partial charge in [0, 0.05) is 12.3 Å². The molecule has 0 aromatic rings. The Hall–Kier alpha value is -1.66. The molecule has 2 rings (SSSR count). The molecule has 2 fully saturated rings. The van der Waals surface area contributed by atoms with Gasteiger partial charge in [0.1, 0.15) is 6.61 Å². The highest BCUT2D eigenvalue weighted by Crippen LogP contribution is 2.62. The minimum atomic E-state index is -0.610. The third kappa shape index (κ3) is 6.48. The third-order valence-corrected chi connectivity index (χ3v) is 8.25. The lowest BCUT2D eigenvalue weighted by molar-refractivity contribution is -0.167. The molecule has 0 saturated heterocycles. The summed E-state index contributed by atoms with van der Waals surface area (Å²) < 4.78 is 10.7. The number of hydrogen-bond donors (Lipinski definition) is 2. The summed E-state index contributed by atoms with van der Waals surface area (Å²) in [6, 6.07) is 0. The number of fused-ring (bicyclic) bond motifs is 1. The summed E-state index contributed by atoms with van der Waals surface area (Å²) in [4.78, 5) is 23.4. The number of rotatable bonds is 9. The monoisotopic (exact) mass is 464 g/mol. The smallest absolute Gasteiger partial charge is 0.308 e. The molecule has 0 aromatic carbocycles. The second kappa shape index (κ2) is 11.2. The van der Waals surface area contributed by atoms with Gasteiger partial charge in [-0.1, -0.05) is 39.8 Å². The lowest BCUT2D eigenvalue weighted by Crippen LogP contribution is -2.58. The van der Waals surface area contributed by atoms with E-state index in [0.717, 1.165) is 30.4 Å². The van der Waals surface area contributed by atoms with E-state index in [1.807, 2.05) is 26.8 Å². The number of carbonyl (C=O) groups excluding carboxylic acids is 2. The Morgan fingerprint density at radius 3 is 2.48 bits per heavy atom. The van der Waals surface area contributed by atoms with Crippen LogP contribution in [-0.2, 0) is 19.1 Å². The van der Waals surface area contributed by atoms with Crippen LogP contribution >= 0.6 is 0 Å². The molecule has 0 unspecified atom stereocenters. The van der Waals surface area contributed by atoms with E-state index in [1.54, 1.807) is 0 Å². The Bertz CT molecular complexity index is 758. The largest absolute Gasteiger partial charge is 0.465 e. The van der Waals surface area contributed by atoms with E-state index in [0.29, 0.717) is 19.3 Å². The maximum atomic E-state index is 11.9. The summed E-state index contributed by atoms with van der Waals surface area (Å²) in [6.07, 6.45) is 4.94. The number of carbonyl (C=O) groups is 2. The van der Waals surface area contributed by atoms with E-state index in [9.17, 15) is 19.8 Å². The molecule has 2 aliphatic carbocycles. The molecule has 2 saturated carbocycles. The van der Waals surface area contributed by atoms with Crippen LogP contribution in [0.3, 0.4) is 0 Å². The summed E-state index contributed by atoms with van der Waals surface area (Å²) in [7, 11) is 0. The van der Waals surface area contributed by atoms with Crippen molar-refractivity contribution in [2.45, 2.75) is 92.3 Å². The fourth-order valence-electron chi connectivity index (χ4n) is 6.16. The first-order valence-electron chi connectivity index (χ1n) is 12.3. The van der Waals surface area contributed by atoms with Crippen molar-refractivity contribution in [3.05, 3.63) is 23.8 Å². The number of aliphatic hydroxyl groups excluding tert-OH is 2. The molecule has 6 nitrogen and oxygen atoms in total. The van der Waals surface area contributed by atoms with Crippen LogP contribution in [0.5, 0.6) is 0 Å². The van der Waals surface area contributed by atoms with Crippen LogP contribution in [-0.4, -0.2) is 47.6 Å². The van der Waals surface area contributed by atoms with Gasteiger partial charge in [0.25, 0.3) is 0 Å². The average molecular weight is 465 g/mol. The molecule has 2 aliphatic rings. The average Bonchev–Trinajstić information content (AvgIpc) is 2.73. The zero-order valence-corrected chi connectivity index (χ0v) is 21.4. The Kier molecular flexibility index (Phi) is 9.34. The predicted molar refractivity (Wildman–Crippen MR) is 128 cm³/mol. The van der Waals surface area contributed by atoms with Gasteiger partial charge < -0.3 is 19.7 Å². The van der Waals surface area contributed by atoms with Crippen LogP contribution in [0.1, 0.15) is 80.1 Å². The summed E-state index contributed by atoms with van der Waals surface area (Å²) in [5.41, 5.74) is 1.28. The number of esters is 2. The molecule has 0 bridgehead atoms. The number of ether oxygens (including phenoxy) is 2. The maximum absolute atomic E-state index is 11.9. The molecule has 33 heavy (non-hydrogen) atoms. The summed E-state index contributed by atoms with van der Waals surface area (Å²) in [5.74, 6) is -0.474. The topological polar surface area (TPSA) is 93.1 Å². The van der Waals surface area contributed by atoms with E-state index in [-0.39, 0.29) is 48.3 Å². The van der Waals surface area contributed by atoms with Crippen molar-refractivity contribution in [1.29, 1.82) is 0 Å². The van der Waals surface area contributed by atoms with E-state index >= 15 is 0 Å². The zero-order chi connectivity index (χ0) is 25.0. The second-order valence-corrected chi connectivity index (χ2v) is 11.0. The Morgan fingerprint density at radius 1 is 1.21 bits per heavy atom. The number of hydrogen-bond acceptors (Lipinski definition) is 6. The third-order valence-electron chi connectivity index (χ3n) is 8.25. The van der Waals surface area contributed by atoms with Gasteiger partial charge in [-0.2, -0.15) is 0 Å². The number of aliphatic hydroxyl groups is 2. The van der Waals surface area contributed by atoms with Crippen molar-refractivity contribution in [1.82, 2.24) is 0 Å². The molecule has 188 valence electrons. The molecule has 7 atom stereocenters. The molecule has 0 radical (unpaired) electrons. The highest BCUT2D eigenvalue weighted by Gasteiger charge is 2.58. The zero-order valence-electron chi connectivity index (χ0n) is 21.4. The summed E-state index contributed by atoms with van der Waals surface area (Å²) in [6.45, 7) is 16.3. The van der Waals surface area contributed by atoms with Crippen molar-refractivity contribution in [2.75, 3.05) is 13.2 Å². The Balaban J connectivity index is 2.15. The van der Waals surface area contributed by atoms with E-state index in [4.69, 9.17) is 9.47 Å². The highest BCUT2D eigenvalue weighted by atomic mass is 16.5. The van der Waals surface area contributed by atoms with Crippen LogP contribution in [0.25, 0.3) is 0 Å². The highest BCUT2D eigenvalue weighted by molar-refractivity contribution is 5.71. The van der Waals surface area contributed by atoms with Gasteiger partial charge in [0.2, 0.25) is 0 Å². The minimum Gasteiger partial charge on any atom is -0.465 e. The van der Waals surface area contributed by atoms with Gasteiger partial charge in [-0.05, 0) is 74.3 Å². The van der Waals surface area contributed by atoms with E-state index < -0.39 is 17.6 Å². The van der Waals surface area contributed by atoms with Crippen molar-refractivity contribution in [3.8, 4) is 0 Å². The minimum absolute atomic E-state index is 0.0314. The molecule has 0 heterocycles. The Labute approximate surface area is 199 Å². The molecular weight excluding hydrogens is 420 g/mol. The maximum Gasteiger partial charge on any atom is 0.308 e. The lowest BCUT2D eigenvalue weighted by Gasteiger charge is -2.60. The van der Waals surface area contributed by atoms with Crippen molar-refractivity contribution < 1.29 is 29.3 Å². The van der Waals surface area contributed by atoms with Crippen LogP contribution < -0.4 is 0 Å². The van der Waals surface area contributed by atoms with Crippen molar-refractivity contribution >= 4 is 11.9 Å². The summed E-state index contributed by atoms with van der Waals surface area (Å²) >= 11 is 0. The molecule has 0 aliphatic heterocycles. The first-order valence-corrected chi connectivity index (χ1v) is 12.3. The van der Waals surface area contributed by atoms with Gasteiger partial charge in [-0.25, -0.2) is 0 Å². The summed E-state index contributed by atoms with van der Waals surface area (Å²) in [5, 5.41) is 21.7. The number of allylic oxidation sites excluding steroid dienone is 1. The Morgan fingerprint density at radius 2 is 1.88 bits per heavy atom. The SMILES string of the molecule is C=C1[C@H](O)C[C@H]2[C@@](C)(COC(C)=O)C[C@@H](O)C[C@]2(C)[C@H]1CC/C(C)=C/COC(=O)[C@H](C)CC. The van der Waals surface area contributed by atoms with E-state index in [2.05, 4.69) is 20.4 Å². The van der Waals surface area contributed by atoms with Crippen LogP contribution in [0, 0.1) is 28.6 Å². The molecule has 2 N–H and O–H groups in total. The second-order valence-electron chi connectivity index (χ2n) is 11.0. The van der Waals surface area contributed by atoms with Gasteiger partial charge in [0.15, 0.2) is 0 Å². The fourth-order valence-corrected chi connectivity index (χ4v) is 6.16. The normalized spacial score (nSPS) is 35.5. The first-order chi connectivity index (χ1) is 15.3. The van der Waals surface area contributed by atoms with Crippen LogP contribution in [0.15, 0.2) is 23.8 Å². The molecule has 0 aromatic heterocycles. The van der Waals surface area contributed by atoms with Gasteiger partial charge in [0.05, 0.1) is 24.7 Å². The molecule has 0 amide bonds. The lowest BCUT2D eigenvalue weighted by atomic mass is 9.45.